The normalized spacial score (nSPS) is 14.3. The lowest BCUT2D eigenvalue weighted by Gasteiger charge is -2.24. The number of nitrogens with one attached hydrogen (secondary N) is 1. The summed E-state index contributed by atoms with van der Waals surface area (Å²) in [6, 6.07) is 6.88. The standard InChI is InChI=1S/C16H20ClN3O3/c1-5-16(22,11-7-6-8-12(17)9-11)14-18-13(20-23-14)15(3,4)19-10(2)21/h6-9,22H,5H2,1-4H3,(H,19,21)/t16-/m0/s1. The van der Waals surface area contributed by atoms with Crippen LogP contribution in [0.25, 0.3) is 0 Å². The first-order chi connectivity index (χ1) is 10.7. The fraction of sp³-hybridized carbons (Fsp3) is 0.438. The summed E-state index contributed by atoms with van der Waals surface area (Å²) in [4.78, 5) is 15.6. The van der Waals surface area contributed by atoms with Crippen LogP contribution in [0.3, 0.4) is 0 Å². The van der Waals surface area contributed by atoms with Gasteiger partial charge < -0.3 is 14.9 Å². The Kier molecular flexibility index (Phi) is 4.77. The maximum absolute atomic E-state index is 11.3. The zero-order valence-corrected chi connectivity index (χ0v) is 14.3. The predicted octanol–water partition coefficient (Wildman–Crippen LogP) is 2.74. The second-order valence-corrected chi connectivity index (χ2v) is 6.39. The van der Waals surface area contributed by atoms with Crippen molar-refractivity contribution >= 4 is 17.5 Å². The Hall–Kier alpha value is -1.92. The molecule has 2 rings (SSSR count). The summed E-state index contributed by atoms with van der Waals surface area (Å²) in [6.45, 7) is 6.74. The van der Waals surface area contributed by atoms with Crippen LogP contribution in [0.1, 0.15) is 51.4 Å². The molecule has 23 heavy (non-hydrogen) atoms. The van der Waals surface area contributed by atoms with Gasteiger partial charge in [-0.25, -0.2) is 0 Å². The van der Waals surface area contributed by atoms with E-state index in [9.17, 15) is 9.90 Å². The molecule has 0 saturated carbocycles. The average Bonchev–Trinajstić information content (AvgIpc) is 2.96. The van der Waals surface area contributed by atoms with E-state index >= 15 is 0 Å². The molecular formula is C16H20ClN3O3. The number of aliphatic hydroxyl groups is 1. The number of hydrogen-bond donors (Lipinski definition) is 2. The maximum atomic E-state index is 11.3. The van der Waals surface area contributed by atoms with Crippen LogP contribution in [-0.2, 0) is 15.9 Å². The molecule has 1 aromatic carbocycles. The maximum Gasteiger partial charge on any atom is 0.263 e. The summed E-state index contributed by atoms with van der Waals surface area (Å²) in [7, 11) is 0. The molecule has 1 amide bonds. The Morgan fingerprint density at radius 2 is 2.13 bits per heavy atom. The van der Waals surface area contributed by atoms with Crippen molar-refractivity contribution < 1.29 is 14.4 Å². The van der Waals surface area contributed by atoms with Crippen LogP contribution in [0.2, 0.25) is 5.02 Å². The highest BCUT2D eigenvalue weighted by atomic mass is 35.5. The molecule has 1 heterocycles. The Morgan fingerprint density at radius 1 is 1.43 bits per heavy atom. The second-order valence-electron chi connectivity index (χ2n) is 5.95. The first-order valence-electron chi connectivity index (χ1n) is 7.31. The Bertz CT molecular complexity index is 714. The number of hydrogen-bond acceptors (Lipinski definition) is 5. The smallest absolute Gasteiger partial charge is 0.263 e. The largest absolute Gasteiger partial charge is 0.375 e. The predicted molar refractivity (Wildman–Crippen MR) is 85.9 cm³/mol. The number of rotatable bonds is 5. The molecule has 0 aliphatic rings. The van der Waals surface area contributed by atoms with Gasteiger partial charge in [0.1, 0.15) is 0 Å². The van der Waals surface area contributed by atoms with Crippen LogP contribution in [-0.4, -0.2) is 21.2 Å². The lowest BCUT2D eigenvalue weighted by Crippen LogP contribution is -2.40. The Labute approximate surface area is 139 Å². The van der Waals surface area contributed by atoms with E-state index in [0.717, 1.165) is 0 Å². The molecule has 2 N–H and O–H groups in total. The fourth-order valence-electron chi connectivity index (χ4n) is 2.37. The van der Waals surface area contributed by atoms with E-state index in [1.807, 2.05) is 6.92 Å². The zero-order chi connectivity index (χ0) is 17.3. The molecule has 1 atom stereocenters. The average molecular weight is 338 g/mol. The van der Waals surface area contributed by atoms with Gasteiger partial charge in [-0.2, -0.15) is 4.98 Å². The van der Waals surface area contributed by atoms with Crippen LogP contribution >= 0.6 is 11.6 Å². The highest BCUT2D eigenvalue weighted by molar-refractivity contribution is 6.30. The van der Waals surface area contributed by atoms with Gasteiger partial charge in [0.15, 0.2) is 11.4 Å². The van der Waals surface area contributed by atoms with Crippen LogP contribution in [0.4, 0.5) is 0 Å². The number of carbonyl (C=O) groups is 1. The number of halogens is 1. The minimum Gasteiger partial charge on any atom is -0.375 e. The number of benzene rings is 1. The summed E-state index contributed by atoms with van der Waals surface area (Å²) in [5.41, 5.74) is -1.68. The monoisotopic (exact) mass is 337 g/mol. The Morgan fingerprint density at radius 3 is 2.70 bits per heavy atom. The number of carbonyl (C=O) groups excluding carboxylic acids is 1. The molecule has 0 aliphatic heterocycles. The molecule has 0 unspecified atom stereocenters. The third-order valence-corrected chi connectivity index (χ3v) is 3.88. The van der Waals surface area contributed by atoms with Gasteiger partial charge in [0.25, 0.3) is 5.89 Å². The van der Waals surface area contributed by atoms with Gasteiger partial charge in [0.05, 0.1) is 5.54 Å². The van der Waals surface area contributed by atoms with Crippen molar-refractivity contribution in [3.8, 4) is 0 Å². The third-order valence-electron chi connectivity index (χ3n) is 3.64. The van der Waals surface area contributed by atoms with Gasteiger partial charge in [0, 0.05) is 11.9 Å². The molecule has 7 heteroatoms. The molecule has 0 spiro atoms. The second kappa shape index (κ2) is 6.29. The van der Waals surface area contributed by atoms with E-state index < -0.39 is 11.1 Å². The SMILES string of the molecule is CC[C@](O)(c1cccc(Cl)c1)c1nc(C(C)(C)NC(C)=O)no1. The van der Waals surface area contributed by atoms with Crippen molar-refractivity contribution in [1.29, 1.82) is 0 Å². The summed E-state index contributed by atoms with van der Waals surface area (Å²) in [6.07, 6.45) is 0.329. The minimum atomic E-state index is -1.44. The van der Waals surface area contributed by atoms with Crippen LogP contribution in [0.15, 0.2) is 28.8 Å². The number of aromatic nitrogens is 2. The van der Waals surface area contributed by atoms with Crippen molar-refractivity contribution in [3.05, 3.63) is 46.6 Å². The van der Waals surface area contributed by atoms with Gasteiger partial charge in [0.2, 0.25) is 5.91 Å². The molecule has 2 aromatic rings. The molecule has 124 valence electrons. The highest BCUT2D eigenvalue weighted by Gasteiger charge is 2.38. The quantitative estimate of drug-likeness (QED) is 0.875. The van der Waals surface area contributed by atoms with Gasteiger partial charge in [-0.1, -0.05) is 35.8 Å². The fourth-order valence-corrected chi connectivity index (χ4v) is 2.56. The third kappa shape index (κ3) is 3.54. The molecule has 1 aromatic heterocycles. The van der Waals surface area contributed by atoms with Crippen molar-refractivity contribution in [3.63, 3.8) is 0 Å². The summed E-state index contributed by atoms with van der Waals surface area (Å²) >= 11 is 6.01. The van der Waals surface area contributed by atoms with Gasteiger partial charge >= 0.3 is 0 Å². The van der Waals surface area contributed by atoms with Crippen molar-refractivity contribution in [1.82, 2.24) is 15.5 Å². The van der Waals surface area contributed by atoms with E-state index in [0.29, 0.717) is 17.0 Å². The lowest BCUT2D eigenvalue weighted by atomic mass is 9.91. The molecule has 0 aliphatic carbocycles. The van der Waals surface area contributed by atoms with E-state index in [1.54, 1.807) is 38.1 Å². The Balaban J connectivity index is 2.42. The van der Waals surface area contributed by atoms with Crippen molar-refractivity contribution in [2.75, 3.05) is 0 Å². The molecule has 0 bridgehead atoms. The van der Waals surface area contributed by atoms with Crippen LogP contribution < -0.4 is 5.32 Å². The summed E-state index contributed by atoms with van der Waals surface area (Å²) in [5.74, 6) is 0.147. The van der Waals surface area contributed by atoms with E-state index in [1.165, 1.54) is 6.92 Å². The van der Waals surface area contributed by atoms with Gasteiger partial charge in [-0.05, 0) is 38.0 Å². The van der Waals surface area contributed by atoms with E-state index in [4.69, 9.17) is 16.1 Å². The molecule has 0 saturated heterocycles. The van der Waals surface area contributed by atoms with Gasteiger partial charge in [-0.3, -0.25) is 4.79 Å². The lowest BCUT2D eigenvalue weighted by molar-refractivity contribution is -0.120. The van der Waals surface area contributed by atoms with Crippen LogP contribution in [0.5, 0.6) is 0 Å². The molecule has 0 fully saturated rings. The van der Waals surface area contributed by atoms with Crippen molar-refractivity contribution in [2.45, 2.75) is 45.3 Å². The van der Waals surface area contributed by atoms with Crippen molar-refractivity contribution in [2.24, 2.45) is 0 Å². The number of nitrogens with zero attached hydrogens (tertiary/aromatic N) is 2. The molecule has 0 radical (unpaired) electrons. The number of amides is 1. The van der Waals surface area contributed by atoms with E-state index in [2.05, 4.69) is 15.5 Å². The zero-order valence-electron chi connectivity index (χ0n) is 13.6. The topological polar surface area (TPSA) is 88.3 Å². The summed E-state index contributed by atoms with van der Waals surface area (Å²) < 4.78 is 5.28. The highest BCUT2D eigenvalue weighted by Crippen LogP contribution is 2.33. The first-order valence-corrected chi connectivity index (χ1v) is 7.68. The first kappa shape index (κ1) is 17.4. The van der Waals surface area contributed by atoms with Gasteiger partial charge in [-0.15, -0.1) is 0 Å². The van der Waals surface area contributed by atoms with E-state index in [-0.39, 0.29) is 17.6 Å². The minimum absolute atomic E-state index is 0.0655. The molecule has 6 nitrogen and oxygen atoms in total. The molecular weight excluding hydrogens is 318 g/mol. The summed E-state index contributed by atoms with van der Waals surface area (Å²) in [5, 5.41) is 18.2. The van der Waals surface area contributed by atoms with Crippen LogP contribution in [0, 0.1) is 0 Å².